The summed E-state index contributed by atoms with van der Waals surface area (Å²) in [7, 11) is -2.04. The number of hydrogen-bond acceptors (Lipinski definition) is 4. The number of rotatable bonds is 5. The van der Waals surface area contributed by atoms with Crippen LogP contribution in [-0.2, 0) is 19.4 Å². The zero-order chi connectivity index (χ0) is 16.4. The van der Waals surface area contributed by atoms with Crippen molar-refractivity contribution in [3.8, 4) is 0 Å². The number of aliphatic carboxylic acids is 1. The minimum absolute atomic E-state index is 0.397. The molecule has 0 aliphatic heterocycles. The maximum Gasteiger partial charge on any atom is 0.329 e. The van der Waals surface area contributed by atoms with E-state index in [9.17, 15) is 23.1 Å². The van der Waals surface area contributed by atoms with Crippen LogP contribution in [0, 0.1) is 0 Å². The number of likely N-dealkylation sites (N-methyl/N-ethyl adjacent to an activating group) is 1. The zero-order valence-corrected chi connectivity index (χ0v) is 13.9. The Labute approximate surface area is 131 Å². The van der Waals surface area contributed by atoms with Gasteiger partial charge >= 0.3 is 5.97 Å². The minimum Gasteiger partial charge on any atom is -0.479 e. The van der Waals surface area contributed by atoms with Gasteiger partial charge in [0, 0.05) is 7.05 Å². The molecule has 0 spiro atoms. The van der Waals surface area contributed by atoms with Crippen molar-refractivity contribution in [1.29, 1.82) is 0 Å². The van der Waals surface area contributed by atoms with Crippen molar-refractivity contribution in [1.82, 2.24) is 4.90 Å². The number of nitrogens with zero attached hydrogens (tertiary/aromatic N) is 1. The van der Waals surface area contributed by atoms with Crippen molar-refractivity contribution in [2.45, 2.75) is 68.6 Å². The molecule has 7 heteroatoms. The Morgan fingerprint density at radius 3 is 2.14 bits per heavy atom. The number of amides is 1. The van der Waals surface area contributed by atoms with Crippen LogP contribution in [0.1, 0.15) is 57.8 Å². The molecule has 1 N–H and O–H groups in total. The Hall–Kier alpha value is -1.11. The number of carboxylic acid groups (broad SMARTS) is 1. The standard InChI is InChI=1S/C15H25NO5S/c1-16(15(14(18)19)9-5-2-6-10-15)13(17)11-22(20,21)12-7-3-4-8-12/h12H,2-11H2,1H3,(H,18,19). The molecule has 0 atom stereocenters. The number of carbonyl (C=O) groups excluding carboxylic acids is 1. The molecular weight excluding hydrogens is 306 g/mol. The van der Waals surface area contributed by atoms with E-state index in [1.54, 1.807) is 0 Å². The number of carbonyl (C=O) groups is 2. The van der Waals surface area contributed by atoms with E-state index in [4.69, 9.17) is 0 Å². The molecule has 2 fully saturated rings. The highest BCUT2D eigenvalue weighted by Crippen LogP contribution is 2.34. The largest absolute Gasteiger partial charge is 0.479 e. The molecule has 1 amide bonds. The summed E-state index contributed by atoms with van der Waals surface area (Å²) >= 11 is 0. The van der Waals surface area contributed by atoms with Gasteiger partial charge < -0.3 is 10.0 Å². The number of sulfone groups is 1. The van der Waals surface area contributed by atoms with E-state index in [0.717, 1.165) is 32.1 Å². The molecule has 6 nitrogen and oxygen atoms in total. The lowest BCUT2D eigenvalue weighted by Gasteiger charge is -2.41. The molecule has 0 aromatic heterocycles. The Morgan fingerprint density at radius 1 is 1.09 bits per heavy atom. The van der Waals surface area contributed by atoms with Crippen molar-refractivity contribution >= 4 is 21.7 Å². The lowest BCUT2D eigenvalue weighted by atomic mass is 9.80. The van der Waals surface area contributed by atoms with E-state index in [1.165, 1.54) is 11.9 Å². The third kappa shape index (κ3) is 3.29. The fraction of sp³-hybridized carbons (Fsp3) is 0.867. The molecule has 0 heterocycles. The molecule has 2 saturated carbocycles. The first-order valence-electron chi connectivity index (χ1n) is 8.01. The van der Waals surface area contributed by atoms with Crippen LogP contribution in [0.5, 0.6) is 0 Å². The van der Waals surface area contributed by atoms with Gasteiger partial charge in [-0.3, -0.25) is 4.79 Å². The first-order chi connectivity index (χ1) is 10.3. The van der Waals surface area contributed by atoms with Crippen molar-refractivity contribution in [2.24, 2.45) is 0 Å². The predicted octanol–water partition coefficient (Wildman–Crippen LogP) is 1.59. The predicted molar refractivity (Wildman–Crippen MR) is 82.3 cm³/mol. The second-order valence-corrected chi connectivity index (χ2v) is 8.84. The monoisotopic (exact) mass is 331 g/mol. The second kappa shape index (κ2) is 6.56. The molecular formula is C15H25NO5S. The fourth-order valence-electron chi connectivity index (χ4n) is 3.70. The molecule has 2 rings (SSSR count). The van der Waals surface area contributed by atoms with Crippen LogP contribution in [0.15, 0.2) is 0 Å². The highest BCUT2D eigenvalue weighted by atomic mass is 32.2. The first kappa shape index (κ1) is 17.2. The molecule has 2 aliphatic rings. The Morgan fingerprint density at radius 2 is 1.64 bits per heavy atom. The van der Waals surface area contributed by atoms with Gasteiger partial charge in [-0.2, -0.15) is 0 Å². The van der Waals surface area contributed by atoms with Gasteiger partial charge in [-0.1, -0.05) is 32.1 Å². The third-order valence-electron chi connectivity index (χ3n) is 5.23. The SMILES string of the molecule is CN(C(=O)CS(=O)(=O)C1CCCC1)C1(C(=O)O)CCCCC1. The zero-order valence-electron chi connectivity index (χ0n) is 13.1. The molecule has 0 unspecified atom stereocenters. The van der Waals surface area contributed by atoms with E-state index in [-0.39, 0.29) is 0 Å². The third-order valence-corrected chi connectivity index (χ3v) is 7.37. The summed E-state index contributed by atoms with van der Waals surface area (Å²) in [6.07, 6.45) is 6.24. The van der Waals surface area contributed by atoms with E-state index in [0.29, 0.717) is 25.7 Å². The van der Waals surface area contributed by atoms with Gasteiger partial charge in [0.25, 0.3) is 0 Å². The van der Waals surface area contributed by atoms with Crippen LogP contribution in [0.2, 0.25) is 0 Å². The van der Waals surface area contributed by atoms with Crippen LogP contribution in [-0.4, -0.2) is 53.9 Å². The van der Waals surface area contributed by atoms with Crippen molar-refractivity contribution < 1.29 is 23.1 Å². The molecule has 0 saturated heterocycles. The van der Waals surface area contributed by atoms with Gasteiger partial charge in [0.05, 0.1) is 5.25 Å². The number of carboxylic acids is 1. The summed E-state index contributed by atoms with van der Waals surface area (Å²) < 4.78 is 24.6. The highest BCUT2D eigenvalue weighted by Gasteiger charge is 2.46. The van der Waals surface area contributed by atoms with Crippen molar-refractivity contribution in [3.63, 3.8) is 0 Å². The normalized spacial score (nSPS) is 22.4. The summed E-state index contributed by atoms with van der Waals surface area (Å²) in [4.78, 5) is 25.3. The summed E-state index contributed by atoms with van der Waals surface area (Å²) in [5.74, 6) is -2.18. The first-order valence-corrected chi connectivity index (χ1v) is 9.73. The van der Waals surface area contributed by atoms with Crippen LogP contribution < -0.4 is 0 Å². The maximum absolute atomic E-state index is 12.4. The van der Waals surface area contributed by atoms with E-state index in [2.05, 4.69) is 0 Å². The van der Waals surface area contributed by atoms with E-state index < -0.39 is 38.3 Å². The van der Waals surface area contributed by atoms with Gasteiger partial charge in [-0.25, -0.2) is 13.2 Å². The van der Waals surface area contributed by atoms with Crippen LogP contribution in [0.4, 0.5) is 0 Å². The summed E-state index contributed by atoms with van der Waals surface area (Å²) in [6, 6.07) is 0. The molecule has 0 aromatic rings. The van der Waals surface area contributed by atoms with Crippen LogP contribution in [0.25, 0.3) is 0 Å². The Kier molecular flexibility index (Phi) is 5.14. The van der Waals surface area contributed by atoms with E-state index in [1.807, 2.05) is 0 Å². The topological polar surface area (TPSA) is 91.8 Å². The molecule has 22 heavy (non-hydrogen) atoms. The van der Waals surface area contributed by atoms with Gasteiger partial charge in [0.2, 0.25) is 5.91 Å². The smallest absolute Gasteiger partial charge is 0.329 e. The lowest BCUT2D eigenvalue weighted by molar-refractivity contribution is -0.159. The van der Waals surface area contributed by atoms with Gasteiger partial charge in [-0.05, 0) is 25.7 Å². The average Bonchev–Trinajstić information content (AvgIpc) is 3.01. The highest BCUT2D eigenvalue weighted by molar-refractivity contribution is 7.92. The second-order valence-electron chi connectivity index (χ2n) is 6.56. The molecule has 126 valence electrons. The van der Waals surface area contributed by atoms with E-state index >= 15 is 0 Å². The maximum atomic E-state index is 12.4. The Bertz CT molecular complexity index is 530. The van der Waals surface area contributed by atoms with Crippen LogP contribution in [0.3, 0.4) is 0 Å². The summed E-state index contributed by atoms with van der Waals surface area (Å²) in [5, 5.41) is 9.14. The van der Waals surface area contributed by atoms with Gasteiger partial charge in [-0.15, -0.1) is 0 Å². The fourth-order valence-corrected chi connectivity index (χ4v) is 5.53. The van der Waals surface area contributed by atoms with Crippen LogP contribution >= 0.6 is 0 Å². The average molecular weight is 331 g/mol. The molecule has 2 aliphatic carbocycles. The summed E-state index contributed by atoms with van der Waals surface area (Å²) in [6.45, 7) is 0. The van der Waals surface area contributed by atoms with Crippen molar-refractivity contribution in [3.05, 3.63) is 0 Å². The summed E-state index contributed by atoms with van der Waals surface area (Å²) in [5.41, 5.74) is -1.24. The molecule has 0 radical (unpaired) electrons. The van der Waals surface area contributed by atoms with Gasteiger partial charge in [0.1, 0.15) is 11.3 Å². The molecule has 0 bridgehead atoms. The minimum atomic E-state index is -3.48. The number of hydrogen-bond donors (Lipinski definition) is 1. The Balaban J connectivity index is 2.11. The van der Waals surface area contributed by atoms with Crippen molar-refractivity contribution in [2.75, 3.05) is 12.8 Å². The van der Waals surface area contributed by atoms with Gasteiger partial charge in [0.15, 0.2) is 9.84 Å². The molecule has 0 aromatic carbocycles. The lowest BCUT2D eigenvalue weighted by Crippen LogP contribution is -2.57. The quantitative estimate of drug-likeness (QED) is 0.826.